The second-order valence-corrected chi connectivity index (χ2v) is 9.22. The Labute approximate surface area is 197 Å². The number of benzene rings is 1. The summed E-state index contributed by atoms with van der Waals surface area (Å²) in [6, 6.07) is 8.19. The second kappa shape index (κ2) is 8.72. The van der Waals surface area contributed by atoms with Gasteiger partial charge in [-0.3, -0.25) is 4.79 Å². The molecule has 0 unspecified atom stereocenters. The number of halogens is 4. The molecule has 0 fully saturated rings. The molecular formula is C22H19ClF3N5OS. The lowest BCUT2D eigenvalue weighted by atomic mass is 9.97. The summed E-state index contributed by atoms with van der Waals surface area (Å²) in [5.74, 6) is -0.845. The molecule has 0 spiro atoms. The molecule has 0 saturated carbocycles. The van der Waals surface area contributed by atoms with E-state index in [4.69, 9.17) is 11.6 Å². The second-order valence-electron chi connectivity index (χ2n) is 7.62. The van der Waals surface area contributed by atoms with Crippen molar-refractivity contribution < 1.29 is 18.0 Å². The number of rotatable bonds is 4. The molecule has 1 amide bonds. The first-order valence-corrected chi connectivity index (χ1v) is 11.3. The first-order chi connectivity index (χ1) is 15.7. The molecule has 2 aromatic heterocycles. The largest absolute Gasteiger partial charge is 0.410 e. The summed E-state index contributed by atoms with van der Waals surface area (Å²) in [4.78, 5) is 13.8. The zero-order chi connectivity index (χ0) is 23.9. The highest BCUT2D eigenvalue weighted by Gasteiger charge is 2.47. The molecule has 1 aromatic carbocycles. The van der Waals surface area contributed by atoms with Crippen LogP contribution in [0.2, 0.25) is 5.02 Å². The Morgan fingerprint density at radius 3 is 2.70 bits per heavy atom. The lowest BCUT2D eigenvalue weighted by molar-refractivity contribution is -0.173. The van der Waals surface area contributed by atoms with Gasteiger partial charge in [0.25, 0.3) is 5.91 Å². The van der Waals surface area contributed by atoms with Gasteiger partial charge in [0, 0.05) is 11.3 Å². The lowest BCUT2D eigenvalue weighted by Crippen LogP contribution is -2.35. The van der Waals surface area contributed by atoms with E-state index in [0.717, 1.165) is 15.1 Å². The monoisotopic (exact) mass is 493 g/mol. The number of alkyl halides is 3. The predicted octanol–water partition coefficient (Wildman–Crippen LogP) is 6.25. The maximum Gasteiger partial charge on any atom is 0.410 e. The standard InChI is InChI=1S/C22H19ClF3N5OS/c1-3-13-11(2)33-21(14(13)10-27)29-20(32)18-17(23)19-28-15(12-7-5-4-6-8-12)9-16(22(24,25)26)31(19)30-18/h4-8,15-16,28H,3,9H2,1-2H3,(H,29,32)/t15-,16+/m1/s1. The highest BCUT2D eigenvalue weighted by atomic mass is 35.5. The fourth-order valence-electron chi connectivity index (χ4n) is 4.01. The number of hydrogen-bond acceptors (Lipinski definition) is 5. The molecule has 33 heavy (non-hydrogen) atoms. The summed E-state index contributed by atoms with van der Waals surface area (Å²) in [5, 5.41) is 19.2. The van der Waals surface area contributed by atoms with Crippen molar-refractivity contribution in [3.05, 3.63) is 62.6 Å². The molecule has 0 radical (unpaired) electrons. The van der Waals surface area contributed by atoms with Crippen LogP contribution < -0.4 is 10.6 Å². The minimum Gasteiger partial charge on any atom is -0.362 e. The molecule has 2 N–H and O–H groups in total. The number of carbonyl (C=O) groups excluding carboxylic acids is 1. The minimum absolute atomic E-state index is 0.0682. The number of nitrogens with one attached hydrogen (secondary N) is 2. The Morgan fingerprint density at radius 2 is 2.09 bits per heavy atom. The van der Waals surface area contributed by atoms with E-state index >= 15 is 0 Å². The molecule has 3 heterocycles. The lowest BCUT2D eigenvalue weighted by Gasteiger charge is -2.33. The average Bonchev–Trinajstić information content (AvgIpc) is 3.28. The first kappa shape index (κ1) is 23.1. The Hall–Kier alpha value is -3.03. The summed E-state index contributed by atoms with van der Waals surface area (Å²) in [7, 11) is 0. The highest BCUT2D eigenvalue weighted by Crippen LogP contribution is 2.46. The number of hydrogen-bond donors (Lipinski definition) is 2. The SMILES string of the molecule is CCc1c(C)sc(NC(=O)c2nn3c(c2Cl)N[C@@H](c2ccccc2)C[C@H]3C(F)(F)F)c1C#N. The van der Waals surface area contributed by atoms with Crippen molar-refractivity contribution in [2.45, 2.75) is 44.9 Å². The van der Waals surface area contributed by atoms with Crippen LogP contribution in [0.15, 0.2) is 30.3 Å². The van der Waals surface area contributed by atoms with E-state index in [1.54, 1.807) is 30.3 Å². The van der Waals surface area contributed by atoms with Crippen molar-refractivity contribution >= 4 is 39.7 Å². The van der Waals surface area contributed by atoms with Crippen LogP contribution in [0.1, 0.15) is 57.5 Å². The van der Waals surface area contributed by atoms with Gasteiger partial charge >= 0.3 is 6.18 Å². The number of amides is 1. The van der Waals surface area contributed by atoms with Gasteiger partial charge in [0.2, 0.25) is 0 Å². The van der Waals surface area contributed by atoms with E-state index < -0.39 is 24.2 Å². The van der Waals surface area contributed by atoms with Crippen molar-refractivity contribution in [3.63, 3.8) is 0 Å². The molecule has 1 aliphatic heterocycles. The number of thiophene rings is 1. The first-order valence-electron chi connectivity index (χ1n) is 10.2. The van der Waals surface area contributed by atoms with Crippen molar-refractivity contribution in [3.8, 4) is 6.07 Å². The molecule has 172 valence electrons. The van der Waals surface area contributed by atoms with Gasteiger partial charge in [-0.1, -0.05) is 48.9 Å². The number of fused-ring (bicyclic) bond motifs is 1. The molecule has 11 heteroatoms. The maximum atomic E-state index is 13.9. The maximum absolute atomic E-state index is 13.9. The minimum atomic E-state index is -4.60. The predicted molar refractivity (Wildman–Crippen MR) is 121 cm³/mol. The zero-order valence-corrected chi connectivity index (χ0v) is 19.2. The number of carbonyl (C=O) groups is 1. The van der Waals surface area contributed by atoms with Crippen LogP contribution in [-0.4, -0.2) is 21.9 Å². The zero-order valence-electron chi connectivity index (χ0n) is 17.6. The van der Waals surface area contributed by atoms with Gasteiger partial charge in [0.05, 0.1) is 11.6 Å². The van der Waals surface area contributed by atoms with Crippen molar-refractivity contribution in [1.82, 2.24) is 9.78 Å². The number of nitrogens with zero attached hydrogens (tertiary/aromatic N) is 3. The molecule has 6 nitrogen and oxygen atoms in total. The topological polar surface area (TPSA) is 82.7 Å². The quantitative estimate of drug-likeness (QED) is 0.450. The van der Waals surface area contributed by atoms with Crippen LogP contribution in [0.3, 0.4) is 0 Å². The molecule has 0 aliphatic carbocycles. The van der Waals surface area contributed by atoms with E-state index in [1.165, 1.54) is 11.3 Å². The van der Waals surface area contributed by atoms with Crippen LogP contribution in [-0.2, 0) is 6.42 Å². The molecule has 0 bridgehead atoms. The Balaban J connectivity index is 1.72. The van der Waals surface area contributed by atoms with Crippen molar-refractivity contribution in [1.29, 1.82) is 5.26 Å². The Bertz CT molecular complexity index is 1250. The fraction of sp³-hybridized carbons (Fsp3) is 0.318. The van der Waals surface area contributed by atoms with Crippen LogP contribution in [0.25, 0.3) is 0 Å². The summed E-state index contributed by atoms with van der Waals surface area (Å²) in [5.41, 5.74) is 1.48. The molecular weight excluding hydrogens is 475 g/mol. The smallest absolute Gasteiger partial charge is 0.362 e. The third-order valence-corrected chi connectivity index (χ3v) is 7.03. The summed E-state index contributed by atoms with van der Waals surface area (Å²) in [6.45, 7) is 3.73. The van der Waals surface area contributed by atoms with E-state index in [0.29, 0.717) is 22.5 Å². The van der Waals surface area contributed by atoms with Crippen molar-refractivity contribution in [2.75, 3.05) is 10.6 Å². The van der Waals surface area contributed by atoms with Gasteiger partial charge < -0.3 is 10.6 Å². The Morgan fingerprint density at radius 1 is 1.39 bits per heavy atom. The molecule has 0 saturated heterocycles. The van der Waals surface area contributed by atoms with Crippen LogP contribution in [0, 0.1) is 18.3 Å². The summed E-state index contributed by atoms with van der Waals surface area (Å²) < 4.78 is 42.5. The van der Waals surface area contributed by atoms with Crippen LogP contribution >= 0.6 is 22.9 Å². The van der Waals surface area contributed by atoms with Gasteiger partial charge in [-0.05, 0) is 24.5 Å². The molecule has 4 rings (SSSR count). The van der Waals surface area contributed by atoms with Gasteiger partial charge in [-0.25, -0.2) is 4.68 Å². The van der Waals surface area contributed by atoms with Crippen LogP contribution in [0.4, 0.5) is 24.0 Å². The van der Waals surface area contributed by atoms with E-state index in [-0.39, 0.29) is 23.0 Å². The van der Waals surface area contributed by atoms with E-state index in [1.807, 2.05) is 13.8 Å². The van der Waals surface area contributed by atoms with Crippen LogP contribution in [0.5, 0.6) is 0 Å². The average molecular weight is 494 g/mol. The number of anilines is 2. The highest BCUT2D eigenvalue weighted by molar-refractivity contribution is 7.16. The fourth-order valence-corrected chi connectivity index (χ4v) is 5.37. The number of nitriles is 1. The van der Waals surface area contributed by atoms with Gasteiger partial charge in [0.15, 0.2) is 11.7 Å². The summed E-state index contributed by atoms with van der Waals surface area (Å²) >= 11 is 7.60. The van der Waals surface area contributed by atoms with Gasteiger partial charge in [-0.2, -0.15) is 23.5 Å². The third kappa shape index (κ3) is 4.18. The van der Waals surface area contributed by atoms with Gasteiger partial charge in [0.1, 0.15) is 21.9 Å². The van der Waals surface area contributed by atoms with Crippen molar-refractivity contribution in [2.24, 2.45) is 0 Å². The normalized spacial score (nSPS) is 17.7. The number of aryl methyl sites for hydroxylation is 1. The molecule has 1 aliphatic rings. The third-order valence-electron chi connectivity index (χ3n) is 5.61. The van der Waals surface area contributed by atoms with E-state index in [9.17, 15) is 23.2 Å². The Kier molecular flexibility index (Phi) is 6.12. The molecule has 3 aromatic rings. The molecule has 2 atom stereocenters. The number of aromatic nitrogens is 2. The van der Waals surface area contributed by atoms with Gasteiger partial charge in [-0.15, -0.1) is 11.3 Å². The summed E-state index contributed by atoms with van der Waals surface area (Å²) in [6.07, 6.45) is -4.29. The van der Waals surface area contributed by atoms with E-state index in [2.05, 4.69) is 21.8 Å².